The Labute approximate surface area is 149 Å². The highest BCUT2D eigenvalue weighted by molar-refractivity contribution is 7.92. The van der Waals surface area contributed by atoms with Gasteiger partial charge in [-0.15, -0.1) is 0 Å². The Morgan fingerprint density at radius 3 is 2.24 bits per heavy atom. The van der Waals surface area contributed by atoms with Crippen LogP contribution in [0, 0.1) is 0 Å². The number of aliphatic hydroxyl groups excluding tert-OH is 1. The number of esters is 1. The second-order valence-electron chi connectivity index (χ2n) is 5.89. The molecule has 0 aromatic heterocycles. The predicted molar refractivity (Wildman–Crippen MR) is 93.8 cm³/mol. The van der Waals surface area contributed by atoms with Gasteiger partial charge in [-0.25, -0.2) is 8.42 Å². The molecule has 0 saturated heterocycles. The molecule has 0 bridgehead atoms. The van der Waals surface area contributed by atoms with Crippen LogP contribution in [-0.4, -0.2) is 43.2 Å². The van der Waals surface area contributed by atoms with E-state index >= 15 is 0 Å². The van der Waals surface area contributed by atoms with Gasteiger partial charge >= 0.3 is 5.97 Å². The molecule has 0 saturated carbocycles. The number of aliphatic hydroxyl groups is 1. The number of carbonyl (C=O) groups is 2. The first kappa shape index (κ1) is 21.3. The van der Waals surface area contributed by atoms with Crippen LogP contribution < -0.4 is 0 Å². The Hall–Kier alpha value is -1.73. The quantitative estimate of drug-likeness (QED) is 0.600. The monoisotopic (exact) mass is 370 g/mol. The van der Waals surface area contributed by atoms with Gasteiger partial charge in [0.05, 0.1) is 11.0 Å². The van der Waals surface area contributed by atoms with Crippen LogP contribution in [0.3, 0.4) is 0 Å². The van der Waals surface area contributed by atoms with E-state index in [0.29, 0.717) is 12.8 Å². The summed E-state index contributed by atoms with van der Waals surface area (Å²) < 4.78 is 30.5. The first-order valence-electron chi connectivity index (χ1n) is 8.48. The molecular weight excluding hydrogens is 344 g/mol. The summed E-state index contributed by atoms with van der Waals surface area (Å²) in [7, 11) is -3.92. The van der Waals surface area contributed by atoms with Crippen molar-refractivity contribution in [3.05, 3.63) is 30.3 Å². The topological polar surface area (TPSA) is 97.7 Å². The lowest BCUT2D eigenvalue weighted by atomic mass is 10.1. The first-order valence-corrected chi connectivity index (χ1v) is 10.0. The third kappa shape index (κ3) is 6.59. The molecule has 1 unspecified atom stereocenters. The minimum atomic E-state index is -3.92. The lowest BCUT2D eigenvalue weighted by Crippen LogP contribution is -2.35. The van der Waals surface area contributed by atoms with Gasteiger partial charge in [0.2, 0.25) is 0 Å². The maximum atomic E-state index is 12.8. The normalized spacial score (nSPS) is 13.9. The van der Waals surface area contributed by atoms with Crippen molar-refractivity contribution in [1.82, 2.24) is 0 Å². The standard InChI is InChI=1S/C18H26O6S/c1-3-8-16(20)17(12-14(19)13-24-18(21)9-4-2)25(22,23)15-10-6-5-7-11-15/h5-7,10-11,14,17,19H,3-4,8-9,12-13H2,1-2H3/t14-,17?/m1/s1. The zero-order valence-electron chi connectivity index (χ0n) is 14.7. The van der Waals surface area contributed by atoms with Crippen LogP contribution in [0.2, 0.25) is 0 Å². The molecule has 0 fully saturated rings. The Morgan fingerprint density at radius 2 is 1.68 bits per heavy atom. The van der Waals surface area contributed by atoms with Gasteiger partial charge in [0.25, 0.3) is 0 Å². The van der Waals surface area contributed by atoms with Gasteiger partial charge in [-0.3, -0.25) is 9.59 Å². The molecule has 1 N–H and O–H groups in total. The number of hydrogen-bond acceptors (Lipinski definition) is 6. The molecule has 0 heterocycles. The van der Waals surface area contributed by atoms with Crippen LogP contribution in [0.25, 0.3) is 0 Å². The highest BCUT2D eigenvalue weighted by atomic mass is 32.2. The molecule has 1 aromatic rings. The van der Waals surface area contributed by atoms with E-state index in [-0.39, 0.29) is 30.8 Å². The van der Waals surface area contributed by atoms with E-state index in [2.05, 4.69) is 0 Å². The van der Waals surface area contributed by atoms with Gasteiger partial charge in [-0.2, -0.15) is 0 Å². The molecule has 0 radical (unpaired) electrons. The second-order valence-corrected chi connectivity index (χ2v) is 8.02. The summed E-state index contributed by atoms with van der Waals surface area (Å²) >= 11 is 0. The molecule has 0 spiro atoms. The van der Waals surface area contributed by atoms with Crippen molar-refractivity contribution in [3.63, 3.8) is 0 Å². The van der Waals surface area contributed by atoms with Crippen molar-refractivity contribution in [2.24, 2.45) is 0 Å². The molecule has 0 aliphatic heterocycles. The van der Waals surface area contributed by atoms with Gasteiger partial charge in [0, 0.05) is 19.3 Å². The molecule has 140 valence electrons. The van der Waals surface area contributed by atoms with Crippen LogP contribution in [0.5, 0.6) is 0 Å². The van der Waals surface area contributed by atoms with Crippen LogP contribution in [0.15, 0.2) is 35.2 Å². The molecule has 0 aliphatic rings. The van der Waals surface area contributed by atoms with Crippen LogP contribution in [0.4, 0.5) is 0 Å². The fraction of sp³-hybridized carbons (Fsp3) is 0.556. The number of benzene rings is 1. The minimum Gasteiger partial charge on any atom is -0.463 e. The number of Topliss-reactive ketones (excluding diaryl/α,β-unsaturated/α-hetero) is 1. The van der Waals surface area contributed by atoms with Crippen molar-refractivity contribution in [2.45, 2.75) is 62.2 Å². The van der Waals surface area contributed by atoms with E-state index in [1.807, 2.05) is 6.92 Å². The van der Waals surface area contributed by atoms with E-state index in [4.69, 9.17) is 4.74 Å². The predicted octanol–water partition coefficient (Wildman–Crippen LogP) is 2.29. The van der Waals surface area contributed by atoms with Crippen molar-refractivity contribution in [3.8, 4) is 0 Å². The molecule has 7 heteroatoms. The summed E-state index contributed by atoms with van der Waals surface area (Å²) in [6.07, 6.45) is -0.0390. The first-order chi connectivity index (χ1) is 11.8. The molecule has 1 rings (SSSR count). The summed E-state index contributed by atoms with van der Waals surface area (Å²) in [5.74, 6) is -0.894. The summed E-state index contributed by atoms with van der Waals surface area (Å²) in [6.45, 7) is 3.29. The van der Waals surface area contributed by atoms with Crippen LogP contribution >= 0.6 is 0 Å². The fourth-order valence-electron chi connectivity index (χ4n) is 2.39. The van der Waals surface area contributed by atoms with Crippen LogP contribution in [-0.2, 0) is 24.2 Å². The smallest absolute Gasteiger partial charge is 0.305 e. The summed E-state index contributed by atoms with van der Waals surface area (Å²) in [4.78, 5) is 23.8. The molecule has 0 amide bonds. The van der Waals surface area contributed by atoms with Gasteiger partial charge in [0.15, 0.2) is 15.6 Å². The SMILES string of the molecule is CCCC(=O)OC[C@H](O)CC(C(=O)CCC)S(=O)(=O)c1ccccc1. The summed E-state index contributed by atoms with van der Waals surface area (Å²) in [5, 5.41) is 8.72. The lowest BCUT2D eigenvalue weighted by Gasteiger charge is -2.20. The van der Waals surface area contributed by atoms with Crippen LogP contribution in [0.1, 0.15) is 46.0 Å². The molecule has 25 heavy (non-hydrogen) atoms. The van der Waals surface area contributed by atoms with Crippen molar-refractivity contribution < 1.29 is 27.9 Å². The number of hydrogen-bond donors (Lipinski definition) is 1. The lowest BCUT2D eigenvalue weighted by molar-refractivity contribution is -0.146. The van der Waals surface area contributed by atoms with Gasteiger partial charge in [0.1, 0.15) is 11.9 Å². The van der Waals surface area contributed by atoms with Gasteiger partial charge in [-0.05, 0) is 25.0 Å². The number of ether oxygens (including phenoxy) is 1. The fourth-order valence-corrected chi connectivity index (χ4v) is 4.20. The molecular formula is C18H26O6S. The Kier molecular flexibility index (Phi) is 8.78. The minimum absolute atomic E-state index is 0.0413. The van der Waals surface area contributed by atoms with E-state index in [1.54, 1.807) is 25.1 Å². The highest BCUT2D eigenvalue weighted by Gasteiger charge is 2.35. The van der Waals surface area contributed by atoms with E-state index in [9.17, 15) is 23.1 Å². The maximum Gasteiger partial charge on any atom is 0.305 e. The summed E-state index contributed by atoms with van der Waals surface area (Å²) in [5.41, 5.74) is 0. The Balaban J connectivity index is 2.91. The van der Waals surface area contributed by atoms with E-state index in [1.165, 1.54) is 12.1 Å². The van der Waals surface area contributed by atoms with Crippen molar-refractivity contribution >= 4 is 21.6 Å². The largest absolute Gasteiger partial charge is 0.463 e. The van der Waals surface area contributed by atoms with Crippen molar-refractivity contribution in [1.29, 1.82) is 0 Å². The zero-order valence-corrected chi connectivity index (χ0v) is 15.5. The average molecular weight is 370 g/mol. The van der Waals surface area contributed by atoms with E-state index in [0.717, 1.165) is 0 Å². The molecule has 2 atom stereocenters. The summed E-state index contributed by atoms with van der Waals surface area (Å²) in [6, 6.07) is 7.70. The third-order valence-corrected chi connectivity index (χ3v) is 5.81. The zero-order chi connectivity index (χ0) is 18.9. The number of sulfone groups is 1. The van der Waals surface area contributed by atoms with Crippen molar-refractivity contribution in [2.75, 3.05) is 6.61 Å². The number of rotatable bonds is 11. The number of ketones is 1. The Morgan fingerprint density at radius 1 is 1.08 bits per heavy atom. The van der Waals surface area contributed by atoms with Gasteiger partial charge < -0.3 is 9.84 Å². The maximum absolute atomic E-state index is 12.8. The van der Waals surface area contributed by atoms with E-state index < -0.39 is 32.9 Å². The van der Waals surface area contributed by atoms with Gasteiger partial charge in [-0.1, -0.05) is 32.0 Å². The third-order valence-electron chi connectivity index (χ3n) is 3.68. The molecule has 0 aliphatic carbocycles. The highest BCUT2D eigenvalue weighted by Crippen LogP contribution is 2.22. The molecule has 6 nitrogen and oxygen atoms in total. The second kappa shape index (κ2) is 10.3. The number of carbonyl (C=O) groups excluding carboxylic acids is 2. The molecule has 1 aromatic carbocycles. The average Bonchev–Trinajstić information content (AvgIpc) is 2.59. The Bertz CT molecular complexity index is 653.